The van der Waals surface area contributed by atoms with Crippen molar-refractivity contribution in [1.82, 2.24) is 4.98 Å². The molecule has 1 aromatic rings. The van der Waals surface area contributed by atoms with Crippen LogP contribution in [0.3, 0.4) is 0 Å². The van der Waals surface area contributed by atoms with Crippen molar-refractivity contribution in [2.75, 3.05) is 0 Å². The van der Waals surface area contributed by atoms with Crippen LogP contribution in [0.15, 0.2) is 12.3 Å². The van der Waals surface area contributed by atoms with Gasteiger partial charge >= 0.3 is 13.3 Å². The quantitative estimate of drug-likeness (QED) is 0.769. The number of pyridine rings is 1. The zero-order chi connectivity index (χ0) is 18.6. The van der Waals surface area contributed by atoms with Gasteiger partial charge in [-0.3, -0.25) is 0 Å². The second-order valence-corrected chi connectivity index (χ2v) is 7.92. The molecular formula is C16H23BF3NO3. The van der Waals surface area contributed by atoms with Crippen molar-refractivity contribution in [1.29, 1.82) is 0 Å². The van der Waals surface area contributed by atoms with Gasteiger partial charge in [0.15, 0.2) is 0 Å². The largest absolute Gasteiger partial charge is 0.500 e. The highest BCUT2D eigenvalue weighted by Gasteiger charge is 2.53. The molecule has 0 spiro atoms. The summed E-state index contributed by atoms with van der Waals surface area (Å²) in [5, 5.41) is 0. The Morgan fingerprint density at radius 1 is 1.04 bits per heavy atom. The molecule has 1 fully saturated rings. The van der Waals surface area contributed by atoms with Crippen molar-refractivity contribution in [3.05, 3.63) is 17.8 Å². The minimum atomic E-state index is -4.51. The SMILES string of the molecule is CC(C)(C)Oc1ncc(C(F)(F)F)cc1B1OC(C)(C)C(C)(C)O1. The van der Waals surface area contributed by atoms with Gasteiger partial charge in [0.05, 0.1) is 16.8 Å². The summed E-state index contributed by atoms with van der Waals surface area (Å²) in [7, 11) is -0.984. The zero-order valence-electron chi connectivity index (χ0n) is 15.0. The molecule has 0 radical (unpaired) electrons. The first-order valence-corrected chi connectivity index (χ1v) is 7.74. The van der Waals surface area contributed by atoms with E-state index in [4.69, 9.17) is 14.0 Å². The Hall–Kier alpha value is -1.28. The fraction of sp³-hybridized carbons (Fsp3) is 0.688. The molecule has 2 heterocycles. The Balaban J connectivity index is 2.49. The molecule has 1 aromatic heterocycles. The third-order valence-corrected chi connectivity index (χ3v) is 4.12. The van der Waals surface area contributed by atoms with Crippen LogP contribution in [-0.4, -0.2) is 28.9 Å². The Morgan fingerprint density at radius 3 is 1.96 bits per heavy atom. The normalized spacial score (nSPS) is 20.3. The van der Waals surface area contributed by atoms with Gasteiger partial charge < -0.3 is 14.0 Å². The predicted molar refractivity (Wildman–Crippen MR) is 85.3 cm³/mol. The van der Waals surface area contributed by atoms with Crippen molar-refractivity contribution in [3.8, 4) is 5.88 Å². The van der Waals surface area contributed by atoms with Crippen LogP contribution in [0.5, 0.6) is 5.88 Å². The molecule has 0 amide bonds. The van der Waals surface area contributed by atoms with Gasteiger partial charge in [0.1, 0.15) is 5.60 Å². The van der Waals surface area contributed by atoms with Crippen LogP contribution in [0, 0.1) is 0 Å². The second kappa shape index (κ2) is 5.63. The molecule has 1 saturated heterocycles. The molecule has 24 heavy (non-hydrogen) atoms. The van der Waals surface area contributed by atoms with E-state index in [1.54, 1.807) is 20.8 Å². The van der Waals surface area contributed by atoms with Crippen LogP contribution in [0.4, 0.5) is 13.2 Å². The van der Waals surface area contributed by atoms with E-state index in [9.17, 15) is 13.2 Å². The van der Waals surface area contributed by atoms with Crippen LogP contribution < -0.4 is 10.2 Å². The average Bonchev–Trinajstić information content (AvgIpc) is 2.55. The van der Waals surface area contributed by atoms with E-state index >= 15 is 0 Å². The first kappa shape index (κ1) is 19.1. The van der Waals surface area contributed by atoms with Gasteiger partial charge in [0.2, 0.25) is 5.88 Å². The van der Waals surface area contributed by atoms with Gasteiger partial charge in [-0.2, -0.15) is 13.2 Å². The number of hydrogen-bond acceptors (Lipinski definition) is 4. The van der Waals surface area contributed by atoms with Crippen LogP contribution in [0.1, 0.15) is 54.0 Å². The number of alkyl halides is 3. The Morgan fingerprint density at radius 2 is 1.54 bits per heavy atom. The lowest BCUT2D eigenvalue weighted by Crippen LogP contribution is -2.41. The van der Waals surface area contributed by atoms with E-state index < -0.39 is 35.7 Å². The maximum absolute atomic E-state index is 13.1. The highest BCUT2D eigenvalue weighted by atomic mass is 19.4. The Kier molecular flexibility index (Phi) is 4.47. The highest BCUT2D eigenvalue weighted by molar-refractivity contribution is 6.63. The summed E-state index contributed by atoms with van der Waals surface area (Å²) in [4.78, 5) is 3.87. The first-order chi connectivity index (χ1) is 10.6. The second-order valence-electron chi connectivity index (χ2n) is 7.92. The number of nitrogens with zero attached hydrogens (tertiary/aromatic N) is 1. The molecule has 0 bridgehead atoms. The first-order valence-electron chi connectivity index (χ1n) is 7.74. The molecule has 8 heteroatoms. The molecule has 1 aliphatic heterocycles. The van der Waals surface area contributed by atoms with E-state index in [1.807, 2.05) is 27.7 Å². The third-order valence-electron chi connectivity index (χ3n) is 4.12. The Labute approximate surface area is 140 Å². The van der Waals surface area contributed by atoms with Crippen LogP contribution >= 0.6 is 0 Å². The topological polar surface area (TPSA) is 40.6 Å². The van der Waals surface area contributed by atoms with E-state index in [0.717, 1.165) is 12.3 Å². The highest BCUT2D eigenvalue weighted by Crippen LogP contribution is 2.38. The van der Waals surface area contributed by atoms with Crippen LogP contribution in [0.25, 0.3) is 0 Å². The lowest BCUT2D eigenvalue weighted by molar-refractivity contribution is -0.137. The summed E-state index contributed by atoms with van der Waals surface area (Å²) < 4.78 is 56.6. The molecule has 0 N–H and O–H groups in total. The van der Waals surface area contributed by atoms with E-state index in [2.05, 4.69) is 4.98 Å². The van der Waals surface area contributed by atoms with Crippen LogP contribution in [0.2, 0.25) is 0 Å². The van der Waals surface area contributed by atoms with Crippen molar-refractivity contribution >= 4 is 12.6 Å². The predicted octanol–water partition coefficient (Wildman–Crippen LogP) is 3.58. The Bertz CT molecular complexity index is 608. The van der Waals surface area contributed by atoms with Gasteiger partial charge in [-0.15, -0.1) is 0 Å². The summed E-state index contributed by atoms with van der Waals surface area (Å²) in [6, 6.07) is 0.982. The lowest BCUT2D eigenvalue weighted by atomic mass is 9.79. The van der Waals surface area contributed by atoms with E-state index in [1.165, 1.54) is 0 Å². The number of ether oxygens (including phenoxy) is 1. The maximum atomic E-state index is 13.1. The number of hydrogen-bond donors (Lipinski definition) is 0. The standard InChI is InChI=1S/C16H23BF3NO3/c1-13(2,3)22-12-11(8-10(9-21-12)16(18,19)20)17-23-14(4,5)15(6,7)24-17/h8-9H,1-7H3. The van der Waals surface area contributed by atoms with Gasteiger partial charge in [-0.25, -0.2) is 4.98 Å². The smallest absolute Gasteiger partial charge is 0.472 e. The summed E-state index contributed by atoms with van der Waals surface area (Å²) in [6.45, 7) is 12.7. The molecule has 0 unspecified atom stereocenters. The maximum Gasteiger partial charge on any atom is 0.500 e. The van der Waals surface area contributed by atoms with Crippen LogP contribution in [-0.2, 0) is 15.5 Å². The molecule has 134 valence electrons. The summed E-state index contributed by atoms with van der Waals surface area (Å²) in [5.41, 5.74) is -2.70. The average molecular weight is 345 g/mol. The molecule has 0 aromatic carbocycles. The van der Waals surface area contributed by atoms with Gasteiger partial charge in [0, 0.05) is 11.7 Å². The lowest BCUT2D eigenvalue weighted by Gasteiger charge is -2.32. The summed E-state index contributed by atoms with van der Waals surface area (Å²) in [5.74, 6) is 0.0778. The fourth-order valence-corrected chi connectivity index (χ4v) is 2.14. The fourth-order valence-electron chi connectivity index (χ4n) is 2.14. The summed E-state index contributed by atoms with van der Waals surface area (Å²) >= 11 is 0. The third kappa shape index (κ3) is 3.86. The summed E-state index contributed by atoms with van der Waals surface area (Å²) in [6.07, 6.45) is -3.75. The van der Waals surface area contributed by atoms with Crippen molar-refractivity contribution in [2.45, 2.75) is 71.4 Å². The molecule has 0 atom stereocenters. The number of aromatic nitrogens is 1. The molecular weight excluding hydrogens is 322 g/mol. The molecule has 0 saturated carbocycles. The number of rotatable bonds is 2. The van der Waals surface area contributed by atoms with Gasteiger partial charge in [-0.05, 0) is 54.5 Å². The number of halogens is 3. The van der Waals surface area contributed by atoms with Gasteiger partial charge in [-0.1, -0.05) is 0 Å². The molecule has 0 aliphatic carbocycles. The minimum Gasteiger partial charge on any atom is -0.472 e. The van der Waals surface area contributed by atoms with Crippen molar-refractivity contribution in [2.24, 2.45) is 0 Å². The zero-order valence-corrected chi connectivity index (χ0v) is 15.0. The molecule has 4 nitrogen and oxygen atoms in total. The van der Waals surface area contributed by atoms with Crippen molar-refractivity contribution < 1.29 is 27.2 Å². The van der Waals surface area contributed by atoms with Gasteiger partial charge in [0.25, 0.3) is 0 Å². The minimum absolute atomic E-state index is 0.0778. The molecule has 1 aliphatic rings. The monoisotopic (exact) mass is 345 g/mol. The van der Waals surface area contributed by atoms with Crippen molar-refractivity contribution in [3.63, 3.8) is 0 Å². The molecule has 2 rings (SSSR count). The van der Waals surface area contributed by atoms with E-state index in [-0.39, 0.29) is 11.3 Å². The van der Waals surface area contributed by atoms with E-state index in [0.29, 0.717) is 0 Å².